The molecule has 0 aliphatic rings. The summed E-state index contributed by atoms with van der Waals surface area (Å²) in [6.45, 7) is 18.1. The molecule has 0 rings (SSSR count). The maximum absolute atomic E-state index is 12.8. The summed E-state index contributed by atoms with van der Waals surface area (Å²) >= 11 is 0. The molecule has 6 nitrogen and oxygen atoms in total. The fraction of sp³-hybridized carbons (Fsp3) is 0.864. The van der Waals surface area contributed by atoms with Crippen molar-refractivity contribution in [3.8, 4) is 0 Å². The number of rotatable bonds is 11. The first-order valence-electron chi connectivity index (χ1n) is 10.3. The number of hydrogen-bond acceptors (Lipinski definition) is 6. The maximum Gasteiger partial charge on any atom is 0.310 e. The Kier molecular flexibility index (Phi) is 9.68. The van der Waals surface area contributed by atoms with E-state index in [1.165, 1.54) is 0 Å². The Hall–Kier alpha value is -1.59. The van der Waals surface area contributed by atoms with Crippen molar-refractivity contribution in [3.63, 3.8) is 0 Å². The number of esters is 3. The van der Waals surface area contributed by atoms with Crippen LogP contribution in [0.3, 0.4) is 0 Å². The molecule has 0 aliphatic carbocycles. The normalized spacial score (nSPS) is 14.8. The van der Waals surface area contributed by atoms with Crippen LogP contribution >= 0.6 is 0 Å². The van der Waals surface area contributed by atoms with Gasteiger partial charge in [-0.3, -0.25) is 14.4 Å². The largest absolute Gasteiger partial charge is 0.460 e. The molecule has 0 aromatic carbocycles. The van der Waals surface area contributed by atoms with Crippen LogP contribution in [0.15, 0.2) is 0 Å². The van der Waals surface area contributed by atoms with Crippen LogP contribution in [0.5, 0.6) is 0 Å². The molecular formula is C22H40O6. The van der Waals surface area contributed by atoms with E-state index in [0.717, 1.165) is 0 Å². The van der Waals surface area contributed by atoms with E-state index in [2.05, 4.69) is 0 Å². The smallest absolute Gasteiger partial charge is 0.310 e. The van der Waals surface area contributed by atoms with E-state index in [0.29, 0.717) is 19.3 Å². The quantitative estimate of drug-likeness (QED) is 0.365. The van der Waals surface area contributed by atoms with Crippen LogP contribution in [0.4, 0.5) is 0 Å². The summed E-state index contributed by atoms with van der Waals surface area (Å²) in [6.07, 6.45) is 1.65. The van der Waals surface area contributed by atoms with Gasteiger partial charge in [0.25, 0.3) is 0 Å². The first-order valence-corrected chi connectivity index (χ1v) is 10.3. The van der Waals surface area contributed by atoms with Crippen LogP contribution in [0.1, 0.15) is 94.9 Å². The molecule has 0 saturated carbocycles. The Morgan fingerprint density at radius 2 is 1.04 bits per heavy atom. The Labute approximate surface area is 170 Å². The molecule has 2 atom stereocenters. The van der Waals surface area contributed by atoms with Crippen molar-refractivity contribution in [3.05, 3.63) is 0 Å². The van der Waals surface area contributed by atoms with Gasteiger partial charge in [0.05, 0.1) is 18.3 Å². The first kappa shape index (κ1) is 26.4. The number of carbonyl (C=O) groups is 3. The summed E-state index contributed by atoms with van der Waals surface area (Å²) in [5, 5.41) is 0. The van der Waals surface area contributed by atoms with E-state index in [4.69, 9.17) is 14.2 Å². The molecule has 0 fully saturated rings. The molecule has 6 heteroatoms. The molecule has 164 valence electrons. The summed E-state index contributed by atoms with van der Waals surface area (Å²) in [5.41, 5.74) is -1.97. The summed E-state index contributed by atoms with van der Waals surface area (Å²) in [4.78, 5) is 37.9. The SMILES string of the molecule is CCC(C)(C)OC(=O)CC(C(=O)OC(C)(C)CC)C(C)C(=O)OC(C)(C)CC. The van der Waals surface area contributed by atoms with Gasteiger partial charge in [-0.2, -0.15) is 0 Å². The highest BCUT2D eigenvalue weighted by Gasteiger charge is 2.39. The maximum atomic E-state index is 12.8. The third-order valence-electron chi connectivity index (χ3n) is 5.36. The zero-order valence-corrected chi connectivity index (χ0v) is 19.4. The lowest BCUT2D eigenvalue weighted by molar-refractivity contribution is -0.178. The average molecular weight is 401 g/mol. The third-order valence-corrected chi connectivity index (χ3v) is 5.36. The van der Waals surface area contributed by atoms with E-state index >= 15 is 0 Å². The third kappa shape index (κ3) is 9.07. The minimum atomic E-state index is -0.967. The number of ether oxygens (including phenoxy) is 3. The van der Waals surface area contributed by atoms with Crippen molar-refractivity contribution in [2.45, 2.75) is 112 Å². The van der Waals surface area contributed by atoms with E-state index in [1.807, 2.05) is 34.6 Å². The molecule has 0 aromatic rings. The molecule has 0 N–H and O–H groups in total. The molecule has 0 saturated heterocycles. The van der Waals surface area contributed by atoms with E-state index < -0.39 is 46.5 Å². The first-order chi connectivity index (χ1) is 12.6. The van der Waals surface area contributed by atoms with Gasteiger partial charge in [-0.15, -0.1) is 0 Å². The zero-order valence-electron chi connectivity index (χ0n) is 19.4. The number of carbonyl (C=O) groups excluding carboxylic acids is 3. The standard InChI is InChI=1S/C22H40O6/c1-11-20(5,6)26-17(23)14-16(19(25)28-22(9,10)13-3)15(4)18(24)27-21(7,8)12-2/h15-16H,11-14H2,1-10H3. The summed E-state index contributed by atoms with van der Waals surface area (Å²) in [7, 11) is 0. The highest BCUT2D eigenvalue weighted by Crippen LogP contribution is 2.27. The van der Waals surface area contributed by atoms with Gasteiger partial charge >= 0.3 is 17.9 Å². The van der Waals surface area contributed by atoms with Gasteiger partial charge in [-0.25, -0.2) is 0 Å². The van der Waals surface area contributed by atoms with Gasteiger partial charge in [-0.1, -0.05) is 27.7 Å². The van der Waals surface area contributed by atoms with Crippen molar-refractivity contribution in [2.75, 3.05) is 0 Å². The van der Waals surface area contributed by atoms with Gasteiger partial charge in [0.1, 0.15) is 16.8 Å². The molecule has 0 aliphatic heterocycles. The molecule has 0 amide bonds. The van der Waals surface area contributed by atoms with E-state index in [1.54, 1.807) is 34.6 Å². The zero-order chi connectivity index (χ0) is 22.3. The van der Waals surface area contributed by atoms with Crippen molar-refractivity contribution in [2.24, 2.45) is 11.8 Å². The minimum absolute atomic E-state index is 0.231. The average Bonchev–Trinajstić information content (AvgIpc) is 2.57. The molecule has 0 spiro atoms. The van der Waals surface area contributed by atoms with Crippen molar-refractivity contribution < 1.29 is 28.6 Å². The van der Waals surface area contributed by atoms with Crippen LogP contribution < -0.4 is 0 Å². The van der Waals surface area contributed by atoms with Gasteiger partial charge in [-0.05, 0) is 60.8 Å². The van der Waals surface area contributed by atoms with Crippen molar-refractivity contribution >= 4 is 17.9 Å². The second-order valence-electron chi connectivity index (χ2n) is 9.26. The fourth-order valence-electron chi connectivity index (χ4n) is 2.09. The highest BCUT2D eigenvalue weighted by molar-refractivity contribution is 5.86. The van der Waals surface area contributed by atoms with Crippen LogP contribution in [-0.2, 0) is 28.6 Å². The lowest BCUT2D eigenvalue weighted by Gasteiger charge is -2.31. The molecule has 0 aromatic heterocycles. The minimum Gasteiger partial charge on any atom is -0.460 e. The summed E-state index contributed by atoms with van der Waals surface area (Å²) in [6, 6.07) is 0. The molecule has 28 heavy (non-hydrogen) atoms. The van der Waals surface area contributed by atoms with E-state index in [9.17, 15) is 14.4 Å². The highest BCUT2D eigenvalue weighted by atomic mass is 16.6. The monoisotopic (exact) mass is 400 g/mol. The fourth-order valence-corrected chi connectivity index (χ4v) is 2.09. The van der Waals surface area contributed by atoms with Gasteiger partial charge in [0.2, 0.25) is 0 Å². The van der Waals surface area contributed by atoms with E-state index in [-0.39, 0.29) is 6.42 Å². The Balaban J connectivity index is 5.51. The van der Waals surface area contributed by atoms with Crippen LogP contribution in [0.2, 0.25) is 0 Å². The Morgan fingerprint density at radius 3 is 1.43 bits per heavy atom. The topological polar surface area (TPSA) is 78.9 Å². The summed E-state index contributed by atoms with van der Waals surface area (Å²) < 4.78 is 16.6. The predicted molar refractivity (Wildman–Crippen MR) is 109 cm³/mol. The molecule has 0 heterocycles. The Bertz CT molecular complexity index is 547. The molecule has 0 radical (unpaired) electrons. The van der Waals surface area contributed by atoms with Gasteiger partial charge in [0.15, 0.2) is 0 Å². The molecule has 0 bridgehead atoms. The lowest BCUT2D eigenvalue weighted by Crippen LogP contribution is -2.40. The second kappa shape index (κ2) is 10.3. The second-order valence-corrected chi connectivity index (χ2v) is 9.26. The predicted octanol–water partition coefficient (Wildman–Crippen LogP) is 4.82. The molecule has 2 unspecified atom stereocenters. The van der Waals surface area contributed by atoms with Crippen molar-refractivity contribution in [1.82, 2.24) is 0 Å². The van der Waals surface area contributed by atoms with Gasteiger partial charge in [0, 0.05) is 0 Å². The van der Waals surface area contributed by atoms with Crippen LogP contribution in [0.25, 0.3) is 0 Å². The summed E-state index contributed by atoms with van der Waals surface area (Å²) in [5.74, 6) is -3.44. The molecular weight excluding hydrogens is 360 g/mol. The Morgan fingerprint density at radius 1 is 0.679 bits per heavy atom. The van der Waals surface area contributed by atoms with Crippen LogP contribution in [-0.4, -0.2) is 34.7 Å². The number of hydrogen-bond donors (Lipinski definition) is 0. The van der Waals surface area contributed by atoms with Gasteiger partial charge < -0.3 is 14.2 Å². The van der Waals surface area contributed by atoms with Crippen LogP contribution in [0, 0.1) is 11.8 Å². The van der Waals surface area contributed by atoms with Crippen molar-refractivity contribution in [1.29, 1.82) is 0 Å². The lowest BCUT2D eigenvalue weighted by atomic mass is 9.90.